The number of likely N-dealkylation sites (tertiary alicyclic amines) is 2. The van der Waals surface area contributed by atoms with Crippen LogP contribution < -0.4 is 5.73 Å². The summed E-state index contributed by atoms with van der Waals surface area (Å²) >= 11 is 0. The Kier molecular flexibility index (Phi) is 8.34. The molecule has 0 saturated carbocycles. The van der Waals surface area contributed by atoms with Crippen molar-refractivity contribution in [3.05, 3.63) is 0 Å². The van der Waals surface area contributed by atoms with Crippen LogP contribution in [0.15, 0.2) is 0 Å². The van der Waals surface area contributed by atoms with Gasteiger partial charge < -0.3 is 15.5 Å². The van der Waals surface area contributed by atoms with E-state index in [0.29, 0.717) is 13.0 Å². The van der Waals surface area contributed by atoms with Crippen LogP contribution in [0.4, 0.5) is 0 Å². The molecule has 2 aliphatic rings. The lowest BCUT2D eigenvalue weighted by atomic mass is 9.91. The van der Waals surface area contributed by atoms with E-state index in [0.717, 1.165) is 51.6 Å². The Balaban J connectivity index is 0.00000264. The largest absolute Gasteiger partial charge is 0.342 e. The molecule has 134 valence electrons. The quantitative estimate of drug-likeness (QED) is 0.849. The number of amides is 2. The number of hydrogen-bond acceptors (Lipinski definition) is 3. The van der Waals surface area contributed by atoms with Crippen molar-refractivity contribution in [2.75, 3.05) is 19.6 Å². The van der Waals surface area contributed by atoms with Crippen molar-refractivity contribution in [2.24, 2.45) is 11.7 Å². The minimum absolute atomic E-state index is 0. The first kappa shape index (κ1) is 20.2. The zero-order valence-electron chi connectivity index (χ0n) is 14.5. The SMILES string of the molecule is CCCC(=O)N1CCCC(C(=O)N2CCCCC2C(C)N)C1.Cl. The van der Waals surface area contributed by atoms with Crippen LogP contribution >= 0.6 is 12.4 Å². The topological polar surface area (TPSA) is 66.6 Å². The lowest BCUT2D eigenvalue weighted by molar-refractivity contribution is -0.144. The molecule has 2 aliphatic heterocycles. The van der Waals surface area contributed by atoms with Crippen molar-refractivity contribution in [2.45, 2.75) is 70.9 Å². The highest BCUT2D eigenvalue weighted by Crippen LogP contribution is 2.25. The van der Waals surface area contributed by atoms with Crippen molar-refractivity contribution in [3.8, 4) is 0 Å². The summed E-state index contributed by atoms with van der Waals surface area (Å²) in [7, 11) is 0. The molecule has 0 bridgehead atoms. The van der Waals surface area contributed by atoms with Crippen LogP contribution in [0.3, 0.4) is 0 Å². The lowest BCUT2D eigenvalue weighted by Crippen LogP contribution is -2.55. The number of nitrogens with zero attached hydrogens (tertiary/aromatic N) is 2. The molecule has 0 aromatic heterocycles. The third-order valence-corrected chi connectivity index (χ3v) is 5.03. The van der Waals surface area contributed by atoms with Crippen LogP contribution in [0, 0.1) is 5.92 Å². The Labute approximate surface area is 146 Å². The van der Waals surface area contributed by atoms with E-state index in [1.54, 1.807) is 0 Å². The summed E-state index contributed by atoms with van der Waals surface area (Å²) in [4.78, 5) is 28.9. The number of piperidine rings is 2. The maximum absolute atomic E-state index is 12.9. The first-order valence-corrected chi connectivity index (χ1v) is 8.88. The second kappa shape index (κ2) is 9.48. The number of halogens is 1. The van der Waals surface area contributed by atoms with Crippen LogP contribution in [0.5, 0.6) is 0 Å². The summed E-state index contributed by atoms with van der Waals surface area (Å²) in [6, 6.07) is 0.189. The van der Waals surface area contributed by atoms with Crippen molar-refractivity contribution >= 4 is 24.2 Å². The molecule has 2 amide bonds. The van der Waals surface area contributed by atoms with Crippen molar-refractivity contribution in [1.29, 1.82) is 0 Å². The van der Waals surface area contributed by atoms with Crippen LogP contribution in [-0.4, -0.2) is 53.3 Å². The van der Waals surface area contributed by atoms with E-state index in [1.165, 1.54) is 0 Å². The zero-order chi connectivity index (χ0) is 16.1. The van der Waals surface area contributed by atoms with Gasteiger partial charge >= 0.3 is 0 Å². The zero-order valence-corrected chi connectivity index (χ0v) is 15.3. The molecule has 3 atom stereocenters. The highest BCUT2D eigenvalue weighted by molar-refractivity contribution is 5.85. The van der Waals surface area contributed by atoms with Gasteiger partial charge in [0.2, 0.25) is 11.8 Å². The minimum Gasteiger partial charge on any atom is -0.342 e. The van der Waals surface area contributed by atoms with Gasteiger partial charge in [-0.25, -0.2) is 0 Å². The highest BCUT2D eigenvalue weighted by atomic mass is 35.5. The fourth-order valence-electron chi connectivity index (χ4n) is 3.79. The molecule has 6 heteroatoms. The van der Waals surface area contributed by atoms with Crippen LogP contribution in [0.2, 0.25) is 0 Å². The molecule has 0 radical (unpaired) electrons. The average molecular weight is 346 g/mol. The Hall–Kier alpha value is -0.810. The van der Waals surface area contributed by atoms with Gasteiger partial charge in [0.15, 0.2) is 0 Å². The number of hydrogen-bond donors (Lipinski definition) is 1. The molecule has 0 aromatic carbocycles. The van der Waals surface area contributed by atoms with E-state index in [4.69, 9.17) is 5.73 Å². The van der Waals surface area contributed by atoms with Gasteiger partial charge in [-0.3, -0.25) is 9.59 Å². The van der Waals surface area contributed by atoms with Crippen LogP contribution in [0.25, 0.3) is 0 Å². The maximum Gasteiger partial charge on any atom is 0.227 e. The summed E-state index contributed by atoms with van der Waals surface area (Å²) < 4.78 is 0. The number of carbonyl (C=O) groups excluding carboxylic acids is 2. The van der Waals surface area contributed by atoms with E-state index in [1.807, 2.05) is 23.6 Å². The Morgan fingerprint density at radius 3 is 2.57 bits per heavy atom. The smallest absolute Gasteiger partial charge is 0.227 e. The minimum atomic E-state index is -0.0334. The molecule has 2 N–H and O–H groups in total. The monoisotopic (exact) mass is 345 g/mol. The Morgan fingerprint density at radius 1 is 1.17 bits per heavy atom. The lowest BCUT2D eigenvalue weighted by Gasteiger charge is -2.42. The van der Waals surface area contributed by atoms with Crippen molar-refractivity contribution < 1.29 is 9.59 Å². The Morgan fingerprint density at radius 2 is 1.91 bits per heavy atom. The predicted octanol–water partition coefficient (Wildman–Crippen LogP) is 2.18. The predicted molar refractivity (Wildman–Crippen MR) is 94.5 cm³/mol. The molecule has 2 fully saturated rings. The highest BCUT2D eigenvalue weighted by Gasteiger charge is 2.35. The van der Waals surface area contributed by atoms with Gasteiger partial charge in [-0.15, -0.1) is 12.4 Å². The van der Waals surface area contributed by atoms with E-state index in [9.17, 15) is 9.59 Å². The second-order valence-electron chi connectivity index (χ2n) is 6.88. The molecule has 3 unspecified atom stereocenters. The summed E-state index contributed by atoms with van der Waals surface area (Å²) in [6.07, 6.45) is 6.52. The van der Waals surface area contributed by atoms with Gasteiger partial charge in [-0.2, -0.15) is 0 Å². The molecule has 2 heterocycles. The maximum atomic E-state index is 12.9. The molecule has 0 spiro atoms. The average Bonchev–Trinajstić information content (AvgIpc) is 2.54. The van der Waals surface area contributed by atoms with Gasteiger partial charge in [-0.1, -0.05) is 6.92 Å². The third-order valence-electron chi connectivity index (χ3n) is 5.03. The third kappa shape index (κ3) is 5.08. The molecule has 0 aromatic rings. The van der Waals surface area contributed by atoms with E-state index in [-0.39, 0.29) is 42.2 Å². The van der Waals surface area contributed by atoms with E-state index >= 15 is 0 Å². The van der Waals surface area contributed by atoms with Crippen LogP contribution in [-0.2, 0) is 9.59 Å². The van der Waals surface area contributed by atoms with Gasteiger partial charge in [0.25, 0.3) is 0 Å². The molecular weight excluding hydrogens is 314 g/mol. The fraction of sp³-hybridized carbons (Fsp3) is 0.882. The van der Waals surface area contributed by atoms with Gasteiger partial charge in [0.05, 0.1) is 5.92 Å². The normalized spacial score (nSPS) is 26.4. The summed E-state index contributed by atoms with van der Waals surface area (Å²) in [5.74, 6) is 0.382. The molecule has 23 heavy (non-hydrogen) atoms. The van der Waals surface area contributed by atoms with Gasteiger partial charge in [0, 0.05) is 38.1 Å². The van der Waals surface area contributed by atoms with Crippen molar-refractivity contribution in [3.63, 3.8) is 0 Å². The number of nitrogens with two attached hydrogens (primary N) is 1. The summed E-state index contributed by atoms with van der Waals surface area (Å²) in [6.45, 7) is 6.24. The Bertz CT molecular complexity index is 403. The molecule has 2 rings (SSSR count). The summed E-state index contributed by atoms with van der Waals surface area (Å²) in [5, 5.41) is 0. The van der Waals surface area contributed by atoms with Crippen LogP contribution in [0.1, 0.15) is 58.8 Å². The molecule has 0 aliphatic carbocycles. The van der Waals surface area contributed by atoms with Gasteiger partial charge in [0.1, 0.15) is 0 Å². The van der Waals surface area contributed by atoms with Crippen molar-refractivity contribution in [1.82, 2.24) is 9.80 Å². The number of rotatable bonds is 4. The summed E-state index contributed by atoms with van der Waals surface area (Å²) in [5.41, 5.74) is 6.08. The first-order chi connectivity index (χ1) is 10.5. The second-order valence-corrected chi connectivity index (χ2v) is 6.88. The fourth-order valence-corrected chi connectivity index (χ4v) is 3.79. The van der Waals surface area contributed by atoms with E-state index < -0.39 is 0 Å². The number of carbonyl (C=O) groups is 2. The molecule has 2 saturated heterocycles. The first-order valence-electron chi connectivity index (χ1n) is 8.88. The van der Waals surface area contributed by atoms with Gasteiger partial charge in [-0.05, 0) is 45.4 Å². The molecular formula is C17H32ClN3O2. The standard InChI is InChI=1S/C17H31N3O2.ClH/c1-3-7-16(21)19-10-6-8-14(12-19)17(22)20-11-5-4-9-15(20)13(2)18;/h13-15H,3-12,18H2,1-2H3;1H. The molecule has 5 nitrogen and oxygen atoms in total. The van der Waals surface area contributed by atoms with E-state index in [2.05, 4.69) is 0 Å².